The summed E-state index contributed by atoms with van der Waals surface area (Å²) in [6.45, 7) is 3.01. The largest absolute Gasteiger partial charge is 0.385 e. The van der Waals surface area contributed by atoms with Crippen LogP contribution in [0.2, 0.25) is 0 Å². The van der Waals surface area contributed by atoms with Crippen molar-refractivity contribution in [3.63, 3.8) is 0 Å². The zero-order valence-electron chi connectivity index (χ0n) is 11.9. The Morgan fingerprint density at radius 2 is 2.19 bits per heavy atom. The number of rotatable bonds is 3. The highest BCUT2D eigenvalue weighted by molar-refractivity contribution is 7.10. The minimum absolute atomic E-state index is 0. The number of halogens is 1. The van der Waals surface area contributed by atoms with Crippen LogP contribution >= 0.6 is 23.7 Å². The van der Waals surface area contributed by atoms with E-state index >= 15 is 0 Å². The van der Waals surface area contributed by atoms with E-state index in [9.17, 15) is 4.79 Å². The van der Waals surface area contributed by atoms with E-state index in [2.05, 4.69) is 16.7 Å². The van der Waals surface area contributed by atoms with Crippen molar-refractivity contribution in [3.8, 4) is 0 Å². The minimum Gasteiger partial charge on any atom is -0.385 e. The molecule has 0 spiro atoms. The van der Waals surface area contributed by atoms with Crippen LogP contribution in [-0.4, -0.2) is 12.5 Å². The highest BCUT2D eigenvalue weighted by atomic mass is 35.5. The summed E-state index contributed by atoms with van der Waals surface area (Å²) in [5.41, 5.74) is 3.06. The fourth-order valence-corrected chi connectivity index (χ4v) is 3.34. The summed E-state index contributed by atoms with van der Waals surface area (Å²) < 4.78 is 0. The Labute approximate surface area is 135 Å². The van der Waals surface area contributed by atoms with Gasteiger partial charge in [0.15, 0.2) is 0 Å². The Morgan fingerprint density at radius 1 is 1.33 bits per heavy atom. The van der Waals surface area contributed by atoms with Crippen molar-refractivity contribution in [3.05, 3.63) is 51.7 Å². The number of nitrogens with one attached hydrogen (secondary N) is 2. The van der Waals surface area contributed by atoms with Gasteiger partial charge in [0.25, 0.3) is 5.91 Å². The van der Waals surface area contributed by atoms with Crippen molar-refractivity contribution >= 4 is 35.3 Å². The maximum Gasteiger partial charge on any atom is 0.252 e. The second kappa shape index (κ2) is 6.96. The van der Waals surface area contributed by atoms with Crippen LogP contribution in [0.15, 0.2) is 35.7 Å². The summed E-state index contributed by atoms with van der Waals surface area (Å²) in [4.78, 5) is 13.7. The molecule has 21 heavy (non-hydrogen) atoms. The van der Waals surface area contributed by atoms with Gasteiger partial charge in [-0.3, -0.25) is 4.79 Å². The van der Waals surface area contributed by atoms with Crippen molar-refractivity contribution < 1.29 is 4.79 Å². The average Bonchev–Trinajstić information content (AvgIpc) is 3.01. The molecule has 0 saturated carbocycles. The lowest BCUT2D eigenvalue weighted by atomic mass is 9.97. The van der Waals surface area contributed by atoms with Crippen LogP contribution in [0.4, 0.5) is 5.69 Å². The molecule has 0 bridgehead atoms. The summed E-state index contributed by atoms with van der Waals surface area (Å²) in [7, 11) is 0. The van der Waals surface area contributed by atoms with Gasteiger partial charge in [-0.05, 0) is 48.9 Å². The summed E-state index contributed by atoms with van der Waals surface area (Å²) in [6.07, 6.45) is 2.05. The van der Waals surface area contributed by atoms with Gasteiger partial charge in [-0.1, -0.05) is 12.1 Å². The van der Waals surface area contributed by atoms with Crippen LogP contribution < -0.4 is 10.6 Å². The van der Waals surface area contributed by atoms with Crippen molar-refractivity contribution in [1.82, 2.24) is 5.32 Å². The maximum absolute atomic E-state index is 12.5. The van der Waals surface area contributed by atoms with E-state index in [0.717, 1.165) is 36.2 Å². The highest BCUT2D eigenvalue weighted by Gasteiger charge is 2.19. The van der Waals surface area contributed by atoms with Crippen LogP contribution in [0.25, 0.3) is 0 Å². The van der Waals surface area contributed by atoms with Gasteiger partial charge in [0, 0.05) is 22.7 Å². The molecule has 0 saturated heterocycles. The Bertz CT molecular complexity index is 613. The number of thiophene rings is 1. The monoisotopic (exact) mass is 322 g/mol. The minimum atomic E-state index is 0. The predicted octanol–water partition coefficient (Wildman–Crippen LogP) is 4.02. The van der Waals surface area contributed by atoms with E-state index in [0.29, 0.717) is 0 Å². The third kappa shape index (κ3) is 3.39. The van der Waals surface area contributed by atoms with Gasteiger partial charge in [0.1, 0.15) is 0 Å². The molecule has 3 nitrogen and oxygen atoms in total. The van der Waals surface area contributed by atoms with Gasteiger partial charge in [-0.25, -0.2) is 0 Å². The van der Waals surface area contributed by atoms with Crippen LogP contribution in [0.3, 0.4) is 0 Å². The smallest absolute Gasteiger partial charge is 0.252 e. The molecule has 1 aromatic carbocycles. The summed E-state index contributed by atoms with van der Waals surface area (Å²) in [5.74, 6) is 0.0199. The van der Waals surface area contributed by atoms with E-state index < -0.39 is 0 Å². The van der Waals surface area contributed by atoms with Gasteiger partial charge in [0.2, 0.25) is 0 Å². The van der Waals surface area contributed by atoms with E-state index in [1.54, 1.807) is 11.3 Å². The Morgan fingerprint density at radius 3 is 2.95 bits per heavy atom. The summed E-state index contributed by atoms with van der Waals surface area (Å²) in [5, 5.41) is 8.49. The molecule has 1 amide bonds. The molecule has 1 aliphatic heterocycles. The molecular formula is C16H19ClN2OS. The molecule has 0 fully saturated rings. The van der Waals surface area contributed by atoms with Crippen molar-refractivity contribution in [2.75, 3.05) is 11.9 Å². The van der Waals surface area contributed by atoms with Crippen LogP contribution in [-0.2, 0) is 6.42 Å². The molecule has 3 rings (SSSR count). The van der Waals surface area contributed by atoms with Crippen LogP contribution in [0.5, 0.6) is 0 Å². The zero-order chi connectivity index (χ0) is 13.9. The number of benzene rings is 1. The summed E-state index contributed by atoms with van der Waals surface area (Å²) >= 11 is 1.67. The topological polar surface area (TPSA) is 41.1 Å². The molecule has 1 atom stereocenters. The molecule has 5 heteroatoms. The predicted molar refractivity (Wildman–Crippen MR) is 90.7 cm³/mol. The average molecular weight is 323 g/mol. The first-order valence-corrected chi connectivity index (χ1v) is 7.83. The number of carbonyl (C=O) groups excluding carboxylic acids is 1. The molecule has 2 aromatic rings. The van der Waals surface area contributed by atoms with E-state index in [-0.39, 0.29) is 24.4 Å². The fourth-order valence-electron chi connectivity index (χ4n) is 2.61. The fraction of sp³-hybridized carbons (Fsp3) is 0.312. The van der Waals surface area contributed by atoms with Gasteiger partial charge >= 0.3 is 0 Å². The third-order valence-electron chi connectivity index (χ3n) is 3.66. The highest BCUT2D eigenvalue weighted by Crippen LogP contribution is 2.26. The number of amides is 1. The Hall–Kier alpha value is -1.52. The SMILES string of the molecule is CC(NC(=O)c1cccc2c1CCCN2)c1cccs1.Cl. The van der Waals surface area contributed by atoms with Crippen molar-refractivity contribution in [2.24, 2.45) is 0 Å². The lowest BCUT2D eigenvalue weighted by Gasteiger charge is -2.21. The molecular weight excluding hydrogens is 304 g/mol. The Kier molecular flexibility index (Phi) is 5.26. The molecule has 1 unspecified atom stereocenters. The normalized spacial score (nSPS) is 14.3. The zero-order valence-corrected chi connectivity index (χ0v) is 13.5. The van der Waals surface area contributed by atoms with Crippen LogP contribution in [0.1, 0.15) is 40.2 Å². The molecule has 0 aliphatic carbocycles. The van der Waals surface area contributed by atoms with E-state index in [1.165, 1.54) is 4.88 Å². The molecule has 1 aliphatic rings. The van der Waals surface area contributed by atoms with E-state index in [4.69, 9.17) is 0 Å². The van der Waals surface area contributed by atoms with Gasteiger partial charge in [-0.15, -0.1) is 23.7 Å². The van der Waals surface area contributed by atoms with Crippen molar-refractivity contribution in [1.29, 1.82) is 0 Å². The molecule has 2 heterocycles. The van der Waals surface area contributed by atoms with Gasteiger partial charge in [-0.2, -0.15) is 0 Å². The number of hydrogen-bond donors (Lipinski definition) is 2. The standard InChI is InChI=1S/C16H18N2OS.ClH/c1-11(15-8-4-10-20-15)18-16(19)13-5-2-7-14-12(13)6-3-9-17-14;/h2,4-5,7-8,10-11,17H,3,6,9H2,1H3,(H,18,19);1H. The number of fused-ring (bicyclic) bond motifs is 1. The lowest BCUT2D eigenvalue weighted by Crippen LogP contribution is -2.28. The first kappa shape index (κ1) is 15.9. The first-order valence-electron chi connectivity index (χ1n) is 6.96. The number of carbonyl (C=O) groups is 1. The second-order valence-electron chi connectivity index (χ2n) is 5.07. The van der Waals surface area contributed by atoms with Crippen LogP contribution in [0, 0.1) is 0 Å². The molecule has 2 N–H and O–H groups in total. The maximum atomic E-state index is 12.5. The first-order chi connectivity index (χ1) is 9.75. The quantitative estimate of drug-likeness (QED) is 0.896. The molecule has 112 valence electrons. The molecule has 0 radical (unpaired) electrons. The Balaban J connectivity index is 0.00000161. The van der Waals surface area contributed by atoms with Gasteiger partial charge < -0.3 is 10.6 Å². The number of anilines is 1. The van der Waals surface area contributed by atoms with Gasteiger partial charge in [0.05, 0.1) is 6.04 Å². The van der Waals surface area contributed by atoms with E-state index in [1.807, 2.05) is 36.6 Å². The molecule has 1 aromatic heterocycles. The summed E-state index contributed by atoms with van der Waals surface area (Å²) in [6, 6.07) is 10.0. The lowest BCUT2D eigenvalue weighted by molar-refractivity contribution is 0.0939. The van der Waals surface area contributed by atoms with Crippen molar-refractivity contribution in [2.45, 2.75) is 25.8 Å². The second-order valence-corrected chi connectivity index (χ2v) is 6.05. The third-order valence-corrected chi connectivity index (χ3v) is 4.71. The number of hydrogen-bond acceptors (Lipinski definition) is 3.